The highest BCUT2D eigenvalue weighted by Gasteiger charge is 2.33. The van der Waals surface area contributed by atoms with Crippen LogP contribution in [0, 0.1) is 0 Å². The van der Waals surface area contributed by atoms with Crippen molar-refractivity contribution >= 4 is 11.9 Å². The minimum absolute atomic E-state index is 0.0574. The van der Waals surface area contributed by atoms with Crippen LogP contribution in [0.25, 0.3) is 0 Å². The summed E-state index contributed by atoms with van der Waals surface area (Å²) in [6, 6.07) is -0.256. The quantitative estimate of drug-likeness (QED) is 0.717. The molecule has 0 radical (unpaired) electrons. The first-order valence-corrected chi connectivity index (χ1v) is 5.78. The summed E-state index contributed by atoms with van der Waals surface area (Å²) < 4.78 is 0. The van der Waals surface area contributed by atoms with E-state index in [1.165, 1.54) is 4.90 Å². The van der Waals surface area contributed by atoms with E-state index in [0.29, 0.717) is 32.0 Å². The molecule has 1 fully saturated rings. The van der Waals surface area contributed by atoms with E-state index in [2.05, 4.69) is 5.32 Å². The van der Waals surface area contributed by atoms with Gasteiger partial charge in [0.15, 0.2) is 0 Å². The molecule has 1 saturated heterocycles. The number of aliphatic carboxylic acids is 1. The van der Waals surface area contributed by atoms with Crippen LogP contribution >= 0.6 is 0 Å². The molecule has 1 rings (SSSR count). The molecule has 5 heteroatoms. The van der Waals surface area contributed by atoms with E-state index in [-0.39, 0.29) is 5.91 Å². The van der Waals surface area contributed by atoms with E-state index >= 15 is 0 Å². The fraction of sp³-hybridized carbons (Fsp3) is 0.818. The number of carbonyl (C=O) groups excluding carboxylic acids is 1. The monoisotopic (exact) mass is 228 g/mol. The van der Waals surface area contributed by atoms with Gasteiger partial charge in [-0.3, -0.25) is 4.79 Å². The average Bonchev–Trinajstić information content (AvgIpc) is 2.65. The van der Waals surface area contributed by atoms with E-state index in [1.807, 2.05) is 13.8 Å². The maximum atomic E-state index is 11.8. The van der Waals surface area contributed by atoms with Gasteiger partial charge < -0.3 is 15.3 Å². The number of carboxylic acids is 1. The molecule has 92 valence electrons. The number of amides is 1. The lowest BCUT2D eigenvalue weighted by Gasteiger charge is -2.21. The first-order valence-electron chi connectivity index (χ1n) is 5.78. The van der Waals surface area contributed by atoms with Crippen molar-refractivity contribution < 1.29 is 14.7 Å². The number of carboxylic acid groups (broad SMARTS) is 1. The zero-order valence-corrected chi connectivity index (χ0v) is 9.90. The zero-order chi connectivity index (χ0) is 12.1. The highest BCUT2D eigenvalue weighted by Crippen LogP contribution is 2.18. The molecule has 1 amide bonds. The molecule has 0 spiro atoms. The van der Waals surface area contributed by atoms with Crippen molar-refractivity contribution in [1.29, 1.82) is 0 Å². The third-order valence-corrected chi connectivity index (χ3v) is 2.75. The molecule has 5 nitrogen and oxygen atoms in total. The summed E-state index contributed by atoms with van der Waals surface area (Å²) in [5.41, 5.74) is 0. The number of hydrogen-bond acceptors (Lipinski definition) is 3. The molecule has 0 saturated carbocycles. The number of rotatable bonds is 5. The van der Waals surface area contributed by atoms with Gasteiger partial charge in [0.05, 0.1) is 0 Å². The van der Waals surface area contributed by atoms with Gasteiger partial charge in [0.25, 0.3) is 0 Å². The van der Waals surface area contributed by atoms with Crippen LogP contribution in [0.2, 0.25) is 0 Å². The van der Waals surface area contributed by atoms with Gasteiger partial charge in [-0.25, -0.2) is 4.79 Å². The molecule has 1 aliphatic heterocycles. The Bertz CT molecular complexity index is 266. The van der Waals surface area contributed by atoms with Gasteiger partial charge in [-0.1, -0.05) is 13.8 Å². The fourth-order valence-corrected chi connectivity index (χ4v) is 1.93. The molecule has 0 aliphatic carbocycles. The molecule has 1 heterocycles. The minimum Gasteiger partial charge on any atom is -0.480 e. The summed E-state index contributed by atoms with van der Waals surface area (Å²) in [6.45, 7) is 5.22. The molecule has 0 aromatic heterocycles. The SMILES string of the molecule is CC(C)NCCC(=O)N1CCC[C@@H]1C(=O)O. The number of nitrogens with zero attached hydrogens (tertiary/aromatic N) is 1. The van der Waals surface area contributed by atoms with Gasteiger partial charge in [0, 0.05) is 25.6 Å². The lowest BCUT2D eigenvalue weighted by Crippen LogP contribution is -2.41. The van der Waals surface area contributed by atoms with Gasteiger partial charge in [0.1, 0.15) is 6.04 Å². The van der Waals surface area contributed by atoms with Crippen LogP contribution in [-0.2, 0) is 9.59 Å². The van der Waals surface area contributed by atoms with Gasteiger partial charge in [-0.15, -0.1) is 0 Å². The Hall–Kier alpha value is -1.10. The van der Waals surface area contributed by atoms with E-state index in [4.69, 9.17) is 5.11 Å². The van der Waals surface area contributed by atoms with Crippen molar-refractivity contribution in [1.82, 2.24) is 10.2 Å². The van der Waals surface area contributed by atoms with Crippen LogP contribution in [0.4, 0.5) is 0 Å². The minimum atomic E-state index is -0.886. The Balaban J connectivity index is 2.38. The smallest absolute Gasteiger partial charge is 0.326 e. The number of nitrogens with one attached hydrogen (secondary N) is 1. The van der Waals surface area contributed by atoms with Crippen LogP contribution < -0.4 is 5.32 Å². The van der Waals surface area contributed by atoms with Gasteiger partial charge in [-0.05, 0) is 12.8 Å². The van der Waals surface area contributed by atoms with Crippen molar-refractivity contribution in [3.05, 3.63) is 0 Å². The van der Waals surface area contributed by atoms with Crippen LogP contribution in [-0.4, -0.2) is 47.1 Å². The third kappa shape index (κ3) is 3.48. The van der Waals surface area contributed by atoms with Gasteiger partial charge in [-0.2, -0.15) is 0 Å². The van der Waals surface area contributed by atoms with Crippen LogP contribution in [0.15, 0.2) is 0 Å². The summed E-state index contributed by atoms with van der Waals surface area (Å²) in [4.78, 5) is 24.1. The van der Waals surface area contributed by atoms with Gasteiger partial charge in [0.2, 0.25) is 5.91 Å². The molecule has 16 heavy (non-hydrogen) atoms. The summed E-state index contributed by atoms with van der Waals surface area (Å²) in [5.74, 6) is -0.944. The second kappa shape index (κ2) is 5.84. The number of carbonyl (C=O) groups is 2. The Morgan fingerprint density at radius 2 is 2.19 bits per heavy atom. The van der Waals surface area contributed by atoms with Crippen molar-refractivity contribution in [2.24, 2.45) is 0 Å². The van der Waals surface area contributed by atoms with Crippen molar-refractivity contribution in [3.8, 4) is 0 Å². The van der Waals surface area contributed by atoms with Crippen LogP contribution in [0.1, 0.15) is 33.1 Å². The predicted molar refractivity (Wildman–Crippen MR) is 60.1 cm³/mol. The molecule has 0 unspecified atom stereocenters. The molecule has 1 atom stereocenters. The van der Waals surface area contributed by atoms with E-state index in [0.717, 1.165) is 6.42 Å². The Kier molecular flexibility index (Phi) is 4.73. The number of hydrogen-bond donors (Lipinski definition) is 2. The topological polar surface area (TPSA) is 69.6 Å². The molecule has 2 N–H and O–H groups in total. The first-order chi connectivity index (χ1) is 7.52. The summed E-state index contributed by atoms with van der Waals surface area (Å²) >= 11 is 0. The van der Waals surface area contributed by atoms with Crippen molar-refractivity contribution in [2.75, 3.05) is 13.1 Å². The van der Waals surface area contributed by atoms with E-state index in [1.54, 1.807) is 0 Å². The largest absolute Gasteiger partial charge is 0.480 e. The van der Waals surface area contributed by atoms with E-state index in [9.17, 15) is 9.59 Å². The van der Waals surface area contributed by atoms with Crippen molar-refractivity contribution in [3.63, 3.8) is 0 Å². The Labute approximate surface area is 95.8 Å². The maximum absolute atomic E-state index is 11.8. The average molecular weight is 228 g/mol. The Morgan fingerprint density at radius 1 is 1.50 bits per heavy atom. The fourth-order valence-electron chi connectivity index (χ4n) is 1.93. The van der Waals surface area contributed by atoms with E-state index < -0.39 is 12.0 Å². The number of likely N-dealkylation sites (tertiary alicyclic amines) is 1. The second-order valence-electron chi connectivity index (χ2n) is 4.44. The highest BCUT2D eigenvalue weighted by atomic mass is 16.4. The Morgan fingerprint density at radius 3 is 2.75 bits per heavy atom. The molecule has 0 aromatic rings. The zero-order valence-electron chi connectivity index (χ0n) is 9.90. The molecular weight excluding hydrogens is 208 g/mol. The first kappa shape index (κ1) is 13.0. The third-order valence-electron chi connectivity index (χ3n) is 2.75. The lowest BCUT2D eigenvalue weighted by molar-refractivity contribution is -0.148. The normalized spacial score (nSPS) is 20.4. The summed E-state index contributed by atoms with van der Waals surface area (Å²) in [7, 11) is 0. The standard InChI is InChI=1S/C11H20N2O3/c1-8(2)12-6-5-10(14)13-7-3-4-9(13)11(15)16/h8-9,12H,3-7H2,1-2H3,(H,15,16)/t9-/m1/s1. The van der Waals surface area contributed by atoms with Crippen LogP contribution in [0.3, 0.4) is 0 Å². The molecule has 1 aliphatic rings. The van der Waals surface area contributed by atoms with Crippen LogP contribution in [0.5, 0.6) is 0 Å². The van der Waals surface area contributed by atoms with Gasteiger partial charge >= 0.3 is 5.97 Å². The molecular formula is C11H20N2O3. The molecule has 0 aromatic carbocycles. The summed E-state index contributed by atoms with van der Waals surface area (Å²) in [5, 5.41) is 12.1. The lowest BCUT2D eigenvalue weighted by atomic mass is 10.2. The maximum Gasteiger partial charge on any atom is 0.326 e. The van der Waals surface area contributed by atoms with Crippen molar-refractivity contribution in [2.45, 2.75) is 45.2 Å². The highest BCUT2D eigenvalue weighted by molar-refractivity contribution is 5.84. The second-order valence-corrected chi connectivity index (χ2v) is 4.44. The predicted octanol–water partition coefficient (Wildman–Crippen LogP) is 0.450. The molecule has 0 bridgehead atoms. The summed E-state index contributed by atoms with van der Waals surface area (Å²) in [6.07, 6.45) is 1.75.